The summed E-state index contributed by atoms with van der Waals surface area (Å²) in [6, 6.07) is 13.9. The molecular weight excluding hydrogens is 297 g/mol. The number of hydrogen-bond acceptors (Lipinski definition) is 2. The van der Waals surface area contributed by atoms with Crippen LogP contribution in [0.25, 0.3) is 0 Å². The van der Waals surface area contributed by atoms with E-state index in [0.717, 1.165) is 10.0 Å². The molecule has 0 amide bonds. The number of rotatable bonds is 4. The van der Waals surface area contributed by atoms with E-state index in [1.165, 1.54) is 6.07 Å². The molecule has 0 aliphatic heterocycles. The van der Waals surface area contributed by atoms with E-state index in [9.17, 15) is 4.39 Å². The Balaban J connectivity index is 2.01. The Morgan fingerprint density at radius 3 is 2.61 bits per heavy atom. The molecule has 0 fully saturated rings. The van der Waals surface area contributed by atoms with E-state index in [4.69, 9.17) is 10.5 Å². The predicted molar refractivity (Wildman–Crippen MR) is 73.0 cm³/mol. The van der Waals surface area contributed by atoms with E-state index in [2.05, 4.69) is 15.9 Å². The van der Waals surface area contributed by atoms with Gasteiger partial charge in [-0.1, -0.05) is 46.3 Å². The lowest BCUT2D eigenvalue weighted by atomic mass is 10.1. The maximum absolute atomic E-state index is 13.4. The molecule has 4 heteroatoms. The van der Waals surface area contributed by atoms with Gasteiger partial charge in [0.1, 0.15) is 6.61 Å². The minimum absolute atomic E-state index is 0.204. The number of ether oxygens (including phenoxy) is 1. The van der Waals surface area contributed by atoms with Gasteiger partial charge in [0.15, 0.2) is 11.6 Å². The Hall–Kier alpha value is -1.39. The largest absolute Gasteiger partial charge is 0.488 e. The minimum atomic E-state index is -0.390. The molecule has 2 nitrogen and oxygen atoms in total. The van der Waals surface area contributed by atoms with Crippen LogP contribution in [0.3, 0.4) is 0 Å². The second kappa shape index (κ2) is 5.98. The molecule has 0 bridgehead atoms. The summed E-state index contributed by atoms with van der Waals surface area (Å²) < 4.78 is 19.6. The molecule has 2 aromatic rings. The summed E-state index contributed by atoms with van der Waals surface area (Å²) in [5.41, 5.74) is 6.94. The van der Waals surface area contributed by atoms with Crippen molar-refractivity contribution in [2.75, 3.05) is 6.61 Å². The van der Waals surface area contributed by atoms with Crippen LogP contribution < -0.4 is 10.5 Å². The van der Waals surface area contributed by atoms with Gasteiger partial charge >= 0.3 is 0 Å². The van der Waals surface area contributed by atoms with Gasteiger partial charge in [-0.2, -0.15) is 0 Å². The highest BCUT2D eigenvalue weighted by Crippen LogP contribution is 2.23. The highest BCUT2D eigenvalue weighted by atomic mass is 79.9. The van der Waals surface area contributed by atoms with E-state index in [-0.39, 0.29) is 18.4 Å². The molecule has 0 saturated heterocycles. The van der Waals surface area contributed by atoms with Crippen molar-refractivity contribution in [3.8, 4) is 5.75 Å². The summed E-state index contributed by atoms with van der Waals surface area (Å²) in [5, 5.41) is 0. The average Bonchev–Trinajstić information content (AvgIpc) is 2.40. The van der Waals surface area contributed by atoms with Gasteiger partial charge in [0, 0.05) is 4.47 Å². The van der Waals surface area contributed by atoms with Crippen LogP contribution in [0.4, 0.5) is 4.39 Å². The van der Waals surface area contributed by atoms with Crippen LogP contribution in [-0.2, 0) is 0 Å². The second-order valence-electron chi connectivity index (χ2n) is 3.90. The zero-order valence-electron chi connectivity index (χ0n) is 9.64. The maximum Gasteiger partial charge on any atom is 0.165 e. The number of benzene rings is 2. The monoisotopic (exact) mass is 309 g/mol. The Morgan fingerprint density at radius 1 is 1.17 bits per heavy atom. The van der Waals surface area contributed by atoms with Gasteiger partial charge in [-0.25, -0.2) is 4.39 Å². The first-order valence-corrected chi connectivity index (χ1v) is 6.34. The first-order valence-electron chi connectivity index (χ1n) is 5.55. The number of hydrogen-bond donors (Lipinski definition) is 1. The fraction of sp³-hybridized carbons (Fsp3) is 0.143. The third-order valence-corrected chi connectivity index (χ3v) is 3.03. The summed E-state index contributed by atoms with van der Waals surface area (Å²) >= 11 is 3.27. The lowest BCUT2D eigenvalue weighted by Crippen LogP contribution is -2.19. The summed E-state index contributed by atoms with van der Waals surface area (Å²) in [4.78, 5) is 0. The molecule has 0 aliphatic carbocycles. The fourth-order valence-corrected chi connectivity index (χ4v) is 1.90. The first-order chi connectivity index (χ1) is 8.66. The zero-order chi connectivity index (χ0) is 13.0. The molecule has 2 rings (SSSR count). The molecule has 1 unspecified atom stereocenters. The highest BCUT2D eigenvalue weighted by molar-refractivity contribution is 9.10. The van der Waals surface area contributed by atoms with Crippen LogP contribution >= 0.6 is 15.9 Å². The summed E-state index contributed by atoms with van der Waals surface area (Å²) in [6.45, 7) is 0.234. The highest BCUT2D eigenvalue weighted by Gasteiger charge is 2.09. The van der Waals surface area contributed by atoms with E-state index in [1.807, 2.05) is 30.3 Å². The summed E-state index contributed by atoms with van der Waals surface area (Å²) in [6.07, 6.45) is 0. The molecule has 2 N–H and O–H groups in total. The van der Waals surface area contributed by atoms with Crippen LogP contribution in [0.2, 0.25) is 0 Å². The third kappa shape index (κ3) is 3.31. The van der Waals surface area contributed by atoms with Gasteiger partial charge < -0.3 is 10.5 Å². The normalized spacial score (nSPS) is 12.2. The number of nitrogens with two attached hydrogens (primary N) is 1. The molecular formula is C14H13BrFNO. The van der Waals surface area contributed by atoms with Crippen LogP contribution in [0.5, 0.6) is 5.75 Å². The van der Waals surface area contributed by atoms with Crippen LogP contribution in [0.15, 0.2) is 53.0 Å². The third-order valence-electron chi connectivity index (χ3n) is 2.54. The molecule has 94 valence electrons. The topological polar surface area (TPSA) is 35.2 Å². The molecule has 0 aliphatic rings. The SMILES string of the molecule is NC(COc1cc(Br)ccc1F)c1ccccc1. The van der Waals surface area contributed by atoms with Gasteiger partial charge in [-0.05, 0) is 23.8 Å². The van der Waals surface area contributed by atoms with E-state index >= 15 is 0 Å². The van der Waals surface area contributed by atoms with Gasteiger partial charge in [0.2, 0.25) is 0 Å². The smallest absolute Gasteiger partial charge is 0.165 e. The Bertz CT molecular complexity index is 518. The van der Waals surface area contributed by atoms with E-state index in [1.54, 1.807) is 12.1 Å². The minimum Gasteiger partial charge on any atom is -0.488 e. The predicted octanol–water partition coefficient (Wildman–Crippen LogP) is 3.67. The van der Waals surface area contributed by atoms with Gasteiger partial charge in [0.25, 0.3) is 0 Å². The molecule has 0 saturated carbocycles. The standard InChI is InChI=1S/C14H13BrFNO/c15-11-6-7-12(16)14(8-11)18-9-13(17)10-4-2-1-3-5-10/h1-8,13H,9,17H2. The average molecular weight is 310 g/mol. The van der Waals surface area contributed by atoms with Gasteiger partial charge in [0.05, 0.1) is 6.04 Å². The van der Waals surface area contributed by atoms with Gasteiger partial charge in [-0.15, -0.1) is 0 Å². The zero-order valence-corrected chi connectivity index (χ0v) is 11.2. The first kappa shape index (κ1) is 13.1. The van der Waals surface area contributed by atoms with E-state index < -0.39 is 5.82 Å². The molecule has 2 aromatic carbocycles. The van der Waals surface area contributed by atoms with Crippen molar-refractivity contribution in [2.24, 2.45) is 5.73 Å². The summed E-state index contributed by atoms with van der Waals surface area (Å²) in [7, 11) is 0. The molecule has 0 aromatic heterocycles. The second-order valence-corrected chi connectivity index (χ2v) is 4.82. The Kier molecular flexibility index (Phi) is 4.33. The van der Waals surface area contributed by atoms with Crippen molar-refractivity contribution >= 4 is 15.9 Å². The van der Waals surface area contributed by atoms with E-state index in [0.29, 0.717) is 0 Å². The number of halogens is 2. The van der Waals surface area contributed by atoms with Crippen molar-refractivity contribution in [3.63, 3.8) is 0 Å². The van der Waals surface area contributed by atoms with Crippen molar-refractivity contribution in [1.29, 1.82) is 0 Å². The molecule has 0 radical (unpaired) electrons. The van der Waals surface area contributed by atoms with Gasteiger partial charge in [-0.3, -0.25) is 0 Å². The summed E-state index contributed by atoms with van der Waals surface area (Å²) in [5.74, 6) is -0.186. The van der Waals surface area contributed by atoms with Crippen molar-refractivity contribution in [2.45, 2.75) is 6.04 Å². The van der Waals surface area contributed by atoms with Crippen LogP contribution in [0, 0.1) is 5.82 Å². The van der Waals surface area contributed by atoms with Crippen molar-refractivity contribution in [1.82, 2.24) is 0 Å². The van der Waals surface area contributed by atoms with Crippen molar-refractivity contribution < 1.29 is 9.13 Å². The lowest BCUT2D eigenvalue weighted by Gasteiger charge is -2.14. The van der Waals surface area contributed by atoms with Crippen molar-refractivity contribution in [3.05, 3.63) is 64.4 Å². The molecule has 18 heavy (non-hydrogen) atoms. The lowest BCUT2D eigenvalue weighted by molar-refractivity contribution is 0.277. The Morgan fingerprint density at radius 2 is 1.89 bits per heavy atom. The van der Waals surface area contributed by atoms with Crippen LogP contribution in [0.1, 0.15) is 11.6 Å². The maximum atomic E-state index is 13.4. The Labute approximate surface area is 114 Å². The molecule has 0 heterocycles. The quantitative estimate of drug-likeness (QED) is 0.935. The molecule has 1 atom stereocenters. The molecule has 0 spiro atoms. The van der Waals surface area contributed by atoms with Crippen LogP contribution in [-0.4, -0.2) is 6.61 Å². The fourth-order valence-electron chi connectivity index (χ4n) is 1.56.